The third kappa shape index (κ3) is 8.35. The number of anilines is 4. The van der Waals surface area contributed by atoms with Crippen molar-refractivity contribution in [3.63, 3.8) is 0 Å². The van der Waals surface area contributed by atoms with Crippen molar-refractivity contribution in [3.8, 4) is 0 Å². The molecular weight excluding hydrogens is 494 g/mol. The lowest BCUT2D eigenvalue weighted by Gasteiger charge is -2.13. The maximum Gasteiger partial charge on any atom is 0.323 e. The van der Waals surface area contributed by atoms with Crippen molar-refractivity contribution < 1.29 is 9.59 Å². The lowest BCUT2D eigenvalue weighted by Crippen LogP contribution is -2.22. The first-order valence-electron chi connectivity index (χ1n) is 12.0. The van der Waals surface area contributed by atoms with Crippen LogP contribution in [0.4, 0.5) is 32.3 Å². The summed E-state index contributed by atoms with van der Waals surface area (Å²) in [5.74, 6) is 0.977. The standard InChI is InChI=1S/C28H33N9O2/c1-17-9-12-24(34-27(38)33-23-8-6-7-21(15-23)18(2)36-37-19(3)29)16-25(17)35-28(39)32-22-13-10-20(11-14-22)26(30-4)31-5/h6-16,37H,3,29H2,1-2,4-5H3,(H,30,31)(H2,32,35,39)(H2,33,34,38)/b36-18+. The van der Waals surface area contributed by atoms with Crippen LogP contribution in [-0.4, -0.2) is 37.7 Å². The topological polar surface area (TPSA) is 157 Å². The predicted molar refractivity (Wildman–Crippen MR) is 160 cm³/mol. The molecule has 3 rings (SSSR count). The minimum Gasteiger partial charge on any atom is -0.385 e. The molecule has 202 valence electrons. The smallest absolute Gasteiger partial charge is 0.323 e. The van der Waals surface area contributed by atoms with Crippen molar-refractivity contribution in [2.45, 2.75) is 13.8 Å². The Labute approximate surface area is 227 Å². The average molecular weight is 528 g/mol. The number of urea groups is 2. The quantitative estimate of drug-likeness (QED) is 0.129. The molecule has 4 amide bonds. The van der Waals surface area contributed by atoms with Gasteiger partial charge in [-0.15, -0.1) is 0 Å². The van der Waals surface area contributed by atoms with Gasteiger partial charge < -0.3 is 32.3 Å². The van der Waals surface area contributed by atoms with Crippen molar-refractivity contribution in [1.82, 2.24) is 10.7 Å². The Morgan fingerprint density at radius 1 is 0.821 bits per heavy atom. The van der Waals surface area contributed by atoms with Gasteiger partial charge in [-0.05, 0) is 73.5 Å². The van der Waals surface area contributed by atoms with Crippen molar-refractivity contribution in [3.05, 3.63) is 95.8 Å². The maximum absolute atomic E-state index is 12.7. The normalized spacial score (nSPS) is 11.3. The summed E-state index contributed by atoms with van der Waals surface area (Å²) < 4.78 is 0. The Morgan fingerprint density at radius 3 is 2.08 bits per heavy atom. The van der Waals surface area contributed by atoms with Crippen LogP contribution in [0.15, 0.2) is 89.2 Å². The number of aryl methyl sites for hydroxylation is 1. The lowest BCUT2D eigenvalue weighted by atomic mass is 10.1. The Bertz CT molecular complexity index is 1410. The van der Waals surface area contributed by atoms with Crippen molar-refractivity contribution in [1.29, 1.82) is 0 Å². The molecule has 0 unspecified atom stereocenters. The number of carbonyl (C=O) groups is 2. The first kappa shape index (κ1) is 28.3. The summed E-state index contributed by atoms with van der Waals surface area (Å²) in [7, 11) is 3.50. The zero-order chi connectivity index (χ0) is 28.4. The van der Waals surface area contributed by atoms with Gasteiger partial charge in [-0.3, -0.25) is 10.4 Å². The van der Waals surface area contributed by atoms with Crippen LogP contribution in [0, 0.1) is 6.92 Å². The average Bonchev–Trinajstić information content (AvgIpc) is 2.91. The van der Waals surface area contributed by atoms with E-state index < -0.39 is 12.1 Å². The highest BCUT2D eigenvalue weighted by molar-refractivity contribution is 6.04. The van der Waals surface area contributed by atoms with Crippen LogP contribution in [0.1, 0.15) is 23.6 Å². The van der Waals surface area contributed by atoms with Crippen LogP contribution in [0.25, 0.3) is 0 Å². The van der Waals surface area contributed by atoms with E-state index in [4.69, 9.17) is 5.73 Å². The molecular formula is C28H33N9O2. The molecule has 3 aromatic carbocycles. The molecule has 0 aliphatic carbocycles. The lowest BCUT2D eigenvalue weighted by molar-refractivity contribution is 0.261. The number of hydrogen-bond acceptors (Lipinski definition) is 6. The number of amidine groups is 1. The van der Waals surface area contributed by atoms with Gasteiger partial charge in [0.1, 0.15) is 11.7 Å². The summed E-state index contributed by atoms with van der Waals surface area (Å²) in [6.45, 7) is 7.21. The molecule has 0 spiro atoms. The molecule has 3 aromatic rings. The number of aliphatic imine (C=N–C) groups is 1. The van der Waals surface area contributed by atoms with E-state index in [0.717, 1.165) is 22.5 Å². The van der Waals surface area contributed by atoms with Crippen molar-refractivity contribution in [2.75, 3.05) is 35.4 Å². The molecule has 11 nitrogen and oxygen atoms in total. The number of hydrazone groups is 1. The predicted octanol–water partition coefficient (Wildman–Crippen LogP) is 4.62. The highest BCUT2D eigenvalue weighted by atomic mass is 16.2. The molecule has 0 bridgehead atoms. The van der Waals surface area contributed by atoms with Crippen molar-refractivity contribution >= 4 is 46.4 Å². The zero-order valence-corrected chi connectivity index (χ0v) is 22.3. The monoisotopic (exact) mass is 527 g/mol. The Hall–Kier alpha value is -5.32. The van der Waals surface area contributed by atoms with E-state index in [1.54, 1.807) is 56.6 Å². The first-order valence-corrected chi connectivity index (χ1v) is 12.0. The van der Waals surface area contributed by atoms with E-state index in [9.17, 15) is 9.59 Å². The Kier molecular flexibility index (Phi) is 9.63. The van der Waals surface area contributed by atoms with Gasteiger partial charge in [-0.1, -0.05) is 24.8 Å². The summed E-state index contributed by atoms with van der Waals surface area (Å²) in [5.41, 5.74) is 13.6. The van der Waals surface area contributed by atoms with E-state index in [1.165, 1.54) is 0 Å². The maximum atomic E-state index is 12.7. The summed E-state index contributed by atoms with van der Waals surface area (Å²) in [5, 5.41) is 18.4. The number of nitrogens with two attached hydrogens (primary N) is 1. The molecule has 0 fully saturated rings. The number of benzene rings is 3. The fourth-order valence-corrected chi connectivity index (χ4v) is 3.55. The molecule has 0 saturated heterocycles. The number of hydrogen-bond donors (Lipinski definition) is 7. The minimum absolute atomic E-state index is 0.229. The van der Waals surface area contributed by atoms with Gasteiger partial charge in [-0.25, -0.2) is 9.59 Å². The van der Waals surface area contributed by atoms with Crippen LogP contribution < -0.4 is 37.7 Å². The number of nitrogens with one attached hydrogen (secondary N) is 6. The van der Waals surface area contributed by atoms with Crippen LogP contribution in [-0.2, 0) is 0 Å². The van der Waals surface area contributed by atoms with Crippen LogP contribution in [0.2, 0.25) is 0 Å². The molecule has 0 radical (unpaired) electrons. The van der Waals surface area contributed by atoms with Crippen LogP contribution in [0.3, 0.4) is 0 Å². The van der Waals surface area contributed by atoms with Gasteiger partial charge in [0.05, 0.1) is 5.71 Å². The SMILES string of the molecule is C=C(N)N/N=C(\C)c1cccc(NC(=O)Nc2ccc(C)c(NC(=O)Nc3ccc(/C(=N/C)NC)cc3)c2)c1. The third-order valence-corrected chi connectivity index (χ3v) is 5.53. The Morgan fingerprint density at radius 2 is 1.44 bits per heavy atom. The molecule has 11 heteroatoms. The van der Waals surface area contributed by atoms with Crippen LogP contribution >= 0.6 is 0 Å². The van der Waals surface area contributed by atoms with Gasteiger partial charge >= 0.3 is 12.1 Å². The second-order valence-corrected chi connectivity index (χ2v) is 8.50. The third-order valence-electron chi connectivity index (χ3n) is 5.53. The van der Waals surface area contributed by atoms with E-state index >= 15 is 0 Å². The molecule has 0 saturated carbocycles. The van der Waals surface area contributed by atoms with Crippen LogP contribution in [0.5, 0.6) is 0 Å². The van der Waals surface area contributed by atoms with Crippen molar-refractivity contribution in [2.24, 2.45) is 15.8 Å². The number of rotatable bonds is 8. The van der Waals surface area contributed by atoms with E-state index in [1.807, 2.05) is 38.1 Å². The fourth-order valence-electron chi connectivity index (χ4n) is 3.55. The molecule has 0 aromatic heterocycles. The molecule has 0 atom stereocenters. The van der Waals surface area contributed by atoms with E-state index in [-0.39, 0.29) is 5.82 Å². The van der Waals surface area contributed by atoms with Gasteiger partial charge in [0.25, 0.3) is 0 Å². The number of amides is 4. The van der Waals surface area contributed by atoms with E-state index in [0.29, 0.717) is 28.5 Å². The molecule has 0 aliphatic rings. The summed E-state index contributed by atoms with van der Waals surface area (Å²) in [4.78, 5) is 29.4. The molecule has 0 heterocycles. The molecule has 39 heavy (non-hydrogen) atoms. The summed E-state index contributed by atoms with van der Waals surface area (Å²) >= 11 is 0. The summed E-state index contributed by atoms with van der Waals surface area (Å²) in [6.07, 6.45) is 0. The highest BCUT2D eigenvalue weighted by Gasteiger charge is 2.10. The second-order valence-electron chi connectivity index (χ2n) is 8.50. The van der Waals surface area contributed by atoms with Gasteiger partial charge in [0.2, 0.25) is 0 Å². The molecule has 0 aliphatic heterocycles. The number of carbonyl (C=O) groups excluding carboxylic acids is 2. The fraction of sp³-hybridized carbons (Fsp3) is 0.143. The highest BCUT2D eigenvalue weighted by Crippen LogP contribution is 2.21. The van der Waals surface area contributed by atoms with Gasteiger partial charge in [0, 0.05) is 42.4 Å². The first-order chi connectivity index (χ1) is 18.7. The van der Waals surface area contributed by atoms with Gasteiger partial charge in [0.15, 0.2) is 0 Å². The second kappa shape index (κ2) is 13.3. The minimum atomic E-state index is -0.439. The zero-order valence-electron chi connectivity index (χ0n) is 22.3. The summed E-state index contributed by atoms with van der Waals surface area (Å²) in [6, 6.07) is 18.9. The van der Waals surface area contributed by atoms with Gasteiger partial charge in [-0.2, -0.15) is 5.10 Å². The van der Waals surface area contributed by atoms with E-state index in [2.05, 4.69) is 48.7 Å². The number of nitrogens with zero attached hydrogens (tertiary/aromatic N) is 2. The Balaban J connectivity index is 1.62. The largest absolute Gasteiger partial charge is 0.385 e. The molecule has 8 N–H and O–H groups in total.